The molecule has 0 unspecified atom stereocenters. The van der Waals surface area contributed by atoms with Crippen LogP contribution in [0.5, 0.6) is 0 Å². The lowest BCUT2D eigenvalue weighted by molar-refractivity contribution is -0.136. The van der Waals surface area contributed by atoms with Crippen LogP contribution in [0, 0.1) is 5.92 Å². The summed E-state index contributed by atoms with van der Waals surface area (Å²) in [5.74, 6) is -0.243. The first-order chi connectivity index (χ1) is 7.63. The van der Waals surface area contributed by atoms with Crippen LogP contribution in [-0.4, -0.2) is 41.6 Å². The van der Waals surface area contributed by atoms with Crippen molar-refractivity contribution in [3.63, 3.8) is 0 Å². The SMILES string of the molecule is CCN(CC1CCC1)C(=O)NCCC(=O)O. The molecule has 1 aliphatic carbocycles. The van der Waals surface area contributed by atoms with Gasteiger partial charge in [-0.25, -0.2) is 4.79 Å². The number of hydrogen-bond acceptors (Lipinski definition) is 2. The first-order valence-corrected chi connectivity index (χ1v) is 5.88. The van der Waals surface area contributed by atoms with E-state index in [0.29, 0.717) is 12.5 Å². The Morgan fingerprint density at radius 2 is 2.12 bits per heavy atom. The molecule has 92 valence electrons. The summed E-state index contributed by atoms with van der Waals surface area (Å²) in [5, 5.41) is 11.1. The van der Waals surface area contributed by atoms with Gasteiger partial charge >= 0.3 is 12.0 Å². The normalized spacial score (nSPS) is 15.3. The van der Waals surface area contributed by atoms with Crippen molar-refractivity contribution in [2.45, 2.75) is 32.6 Å². The third kappa shape index (κ3) is 4.08. The van der Waals surface area contributed by atoms with Crippen molar-refractivity contribution in [2.75, 3.05) is 19.6 Å². The van der Waals surface area contributed by atoms with Gasteiger partial charge in [-0.05, 0) is 25.7 Å². The van der Waals surface area contributed by atoms with E-state index in [4.69, 9.17) is 5.11 Å². The van der Waals surface area contributed by atoms with Crippen LogP contribution in [0.2, 0.25) is 0 Å². The second-order valence-corrected chi connectivity index (χ2v) is 4.21. The van der Waals surface area contributed by atoms with Gasteiger partial charge in [0.1, 0.15) is 0 Å². The van der Waals surface area contributed by atoms with E-state index in [1.54, 1.807) is 4.90 Å². The number of carboxylic acids is 1. The number of nitrogens with one attached hydrogen (secondary N) is 1. The number of amides is 2. The van der Waals surface area contributed by atoms with Gasteiger partial charge < -0.3 is 15.3 Å². The summed E-state index contributed by atoms with van der Waals surface area (Å²) in [5.41, 5.74) is 0. The minimum atomic E-state index is -0.887. The van der Waals surface area contributed by atoms with Gasteiger partial charge in [0.25, 0.3) is 0 Å². The molecule has 2 amide bonds. The van der Waals surface area contributed by atoms with Gasteiger partial charge in [-0.1, -0.05) is 6.42 Å². The first-order valence-electron chi connectivity index (χ1n) is 5.88. The monoisotopic (exact) mass is 228 g/mol. The Morgan fingerprint density at radius 3 is 2.56 bits per heavy atom. The van der Waals surface area contributed by atoms with Crippen molar-refractivity contribution < 1.29 is 14.7 Å². The van der Waals surface area contributed by atoms with Crippen LogP contribution in [0.1, 0.15) is 32.6 Å². The molecule has 0 aromatic carbocycles. The van der Waals surface area contributed by atoms with Gasteiger partial charge in [-0.15, -0.1) is 0 Å². The minimum absolute atomic E-state index is 0.0211. The number of carboxylic acid groups (broad SMARTS) is 1. The lowest BCUT2D eigenvalue weighted by Gasteiger charge is -2.31. The number of carbonyl (C=O) groups excluding carboxylic acids is 1. The molecule has 5 nitrogen and oxygen atoms in total. The molecule has 0 spiro atoms. The van der Waals surface area contributed by atoms with Crippen LogP contribution in [0.25, 0.3) is 0 Å². The summed E-state index contributed by atoms with van der Waals surface area (Å²) in [6, 6.07) is -0.143. The fourth-order valence-electron chi connectivity index (χ4n) is 1.73. The number of urea groups is 1. The topological polar surface area (TPSA) is 69.6 Å². The second kappa shape index (κ2) is 6.35. The van der Waals surface area contributed by atoms with Gasteiger partial charge in [-0.3, -0.25) is 4.79 Å². The molecule has 2 N–H and O–H groups in total. The molecular weight excluding hydrogens is 208 g/mol. The maximum absolute atomic E-state index is 11.7. The van der Waals surface area contributed by atoms with Gasteiger partial charge in [0.2, 0.25) is 0 Å². The quantitative estimate of drug-likeness (QED) is 0.719. The van der Waals surface area contributed by atoms with Crippen molar-refractivity contribution >= 4 is 12.0 Å². The summed E-state index contributed by atoms with van der Waals surface area (Å²) >= 11 is 0. The highest BCUT2D eigenvalue weighted by Crippen LogP contribution is 2.26. The van der Waals surface area contributed by atoms with Crippen molar-refractivity contribution in [1.29, 1.82) is 0 Å². The van der Waals surface area contributed by atoms with Crippen molar-refractivity contribution in [3.8, 4) is 0 Å². The molecule has 0 atom stereocenters. The molecule has 1 aliphatic rings. The number of carbonyl (C=O) groups is 2. The van der Waals surface area contributed by atoms with Crippen LogP contribution < -0.4 is 5.32 Å². The number of nitrogens with zero attached hydrogens (tertiary/aromatic N) is 1. The molecule has 1 rings (SSSR count). The highest BCUT2D eigenvalue weighted by Gasteiger charge is 2.22. The van der Waals surface area contributed by atoms with Gasteiger partial charge in [-0.2, -0.15) is 0 Å². The summed E-state index contributed by atoms with van der Waals surface area (Å²) in [4.78, 5) is 23.7. The Balaban J connectivity index is 2.22. The molecule has 0 radical (unpaired) electrons. The Labute approximate surface area is 95.8 Å². The van der Waals surface area contributed by atoms with E-state index in [0.717, 1.165) is 6.54 Å². The van der Waals surface area contributed by atoms with Crippen LogP contribution >= 0.6 is 0 Å². The third-order valence-corrected chi connectivity index (χ3v) is 2.99. The molecule has 1 saturated carbocycles. The zero-order valence-electron chi connectivity index (χ0n) is 9.74. The molecule has 0 heterocycles. The van der Waals surface area contributed by atoms with E-state index in [1.807, 2.05) is 6.92 Å². The highest BCUT2D eigenvalue weighted by molar-refractivity contribution is 5.75. The third-order valence-electron chi connectivity index (χ3n) is 2.99. The molecule has 16 heavy (non-hydrogen) atoms. The molecule has 0 aliphatic heterocycles. The Kier molecular flexibility index (Phi) is 5.08. The van der Waals surface area contributed by atoms with Gasteiger partial charge in [0, 0.05) is 19.6 Å². The lowest BCUT2D eigenvalue weighted by atomic mass is 9.85. The minimum Gasteiger partial charge on any atom is -0.481 e. The zero-order chi connectivity index (χ0) is 12.0. The molecule has 0 bridgehead atoms. The number of rotatable bonds is 6. The zero-order valence-corrected chi connectivity index (χ0v) is 9.74. The summed E-state index contributed by atoms with van der Waals surface area (Å²) in [6.45, 7) is 3.62. The summed E-state index contributed by atoms with van der Waals surface area (Å²) in [6.07, 6.45) is 3.66. The molecule has 1 fully saturated rings. The number of hydrogen-bond donors (Lipinski definition) is 2. The van der Waals surface area contributed by atoms with Gasteiger partial charge in [0.15, 0.2) is 0 Å². The van der Waals surface area contributed by atoms with E-state index in [2.05, 4.69) is 5.32 Å². The molecule has 0 aromatic rings. The average Bonchev–Trinajstić information content (AvgIpc) is 2.15. The molecular formula is C11H20N2O3. The van der Waals surface area contributed by atoms with Crippen molar-refractivity contribution in [1.82, 2.24) is 10.2 Å². The maximum Gasteiger partial charge on any atom is 0.317 e. The predicted molar refractivity (Wildman–Crippen MR) is 60.2 cm³/mol. The first kappa shape index (κ1) is 12.8. The van der Waals surface area contributed by atoms with E-state index in [1.165, 1.54) is 19.3 Å². The molecule has 5 heteroatoms. The largest absolute Gasteiger partial charge is 0.481 e. The summed E-state index contributed by atoms with van der Waals surface area (Å²) in [7, 11) is 0. The predicted octanol–water partition coefficient (Wildman–Crippen LogP) is 1.29. The second-order valence-electron chi connectivity index (χ2n) is 4.21. The maximum atomic E-state index is 11.7. The van der Waals surface area contributed by atoms with Crippen LogP contribution in [0.4, 0.5) is 4.79 Å². The number of aliphatic carboxylic acids is 1. The Bertz CT molecular complexity index is 252. The fourth-order valence-corrected chi connectivity index (χ4v) is 1.73. The van der Waals surface area contributed by atoms with E-state index < -0.39 is 5.97 Å². The van der Waals surface area contributed by atoms with Crippen molar-refractivity contribution in [3.05, 3.63) is 0 Å². The standard InChI is InChI=1S/C11H20N2O3/c1-2-13(8-9-4-3-5-9)11(16)12-7-6-10(14)15/h9H,2-8H2,1H3,(H,12,16)(H,14,15). The fraction of sp³-hybridized carbons (Fsp3) is 0.818. The van der Waals surface area contributed by atoms with Crippen LogP contribution in [0.15, 0.2) is 0 Å². The molecule has 0 aromatic heterocycles. The van der Waals surface area contributed by atoms with E-state index in [-0.39, 0.29) is 19.0 Å². The van der Waals surface area contributed by atoms with Crippen LogP contribution in [0.3, 0.4) is 0 Å². The lowest BCUT2D eigenvalue weighted by Crippen LogP contribution is -2.44. The van der Waals surface area contributed by atoms with Crippen molar-refractivity contribution in [2.24, 2.45) is 5.92 Å². The molecule has 0 saturated heterocycles. The summed E-state index contributed by atoms with van der Waals surface area (Å²) < 4.78 is 0. The Hall–Kier alpha value is -1.26. The van der Waals surface area contributed by atoms with E-state index in [9.17, 15) is 9.59 Å². The highest BCUT2D eigenvalue weighted by atomic mass is 16.4. The average molecular weight is 228 g/mol. The van der Waals surface area contributed by atoms with Gasteiger partial charge in [0.05, 0.1) is 6.42 Å². The smallest absolute Gasteiger partial charge is 0.317 e. The van der Waals surface area contributed by atoms with E-state index >= 15 is 0 Å². The Morgan fingerprint density at radius 1 is 1.44 bits per heavy atom. The van der Waals surface area contributed by atoms with Crippen LogP contribution in [-0.2, 0) is 4.79 Å².